The van der Waals surface area contributed by atoms with Gasteiger partial charge in [-0.15, -0.1) is 0 Å². The predicted octanol–water partition coefficient (Wildman–Crippen LogP) is 1.38. The summed E-state index contributed by atoms with van der Waals surface area (Å²) in [5, 5.41) is 13.6. The zero-order valence-corrected chi connectivity index (χ0v) is 11.6. The van der Waals surface area contributed by atoms with E-state index in [9.17, 15) is 5.11 Å². The van der Waals surface area contributed by atoms with Crippen molar-refractivity contribution in [2.75, 3.05) is 23.3 Å². The first kappa shape index (κ1) is 13.9. The minimum absolute atomic E-state index is 0.138. The van der Waals surface area contributed by atoms with Crippen LogP contribution in [-0.4, -0.2) is 27.2 Å². The molecule has 0 spiro atoms. The van der Waals surface area contributed by atoms with E-state index in [2.05, 4.69) is 29.1 Å². The molecule has 19 heavy (non-hydrogen) atoms. The number of hydrogen-bond acceptors (Lipinski definition) is 6. The fraction of sp³-hybridized carbons (Fsp3) is 0.692. The number of aliphatic hydroxyl groups is 1. The van der Waals surface area contributed by atoms with Gasteiger partial charge < -0.3 is 21.9 Å². The van der Waals surface area contributed by atoms with Crippen LogP contribution in [0.1, 0.15) is 39.5 Å². The molecule has 0 radical (unpaired) electrons. The molecule has 1 saturated carbocycles. The maximum atomic E-state index is 10.5. The summed E-state index contributed by atoms with van der Waals surface area (Å²) >= 11 is 0. The summed E-state index contributed by atoms with van der Waals surface area (Å²) in [4.78, 5) is 7.85. The highest BCUT2D eigenvalue weighted by molar-refractivity contribution is 5.48. The maximum Gasteiger partial charge on any atom is 0.223 e. The van der Waals surface area contributed by atoms with Crippen molar-refractivity contribution in [3.8, 4) is 0 Å². The number of aromatic nitrogens is 2. The van der Waals surface area contributed by atoms with Gasteiger partial charge in [0, 0.05) is 12.6 Å². The Labute approximate surface area is 113 Å². The summed E-state index contributed by atoms with van der Waals surface area (Å²) < 4.78 is 0. The van der Waals surface area contributed by atoms with E-state index in [1.165, 1.54) is 0 Å². The largest absolute Gasteiger partial charge is 0.388 e. The monoisotopic (exact) mass is 265 g/mol. The van der Waals surface area contributed by atoms with Crippen LogP contribution in [0.25, 0.3) is 0 Å². The van der Waals surface area contributed by atoms with Crippen LogP contribution < -0.4 is 16.8 Å². The number of anilines is 3. The van der Waals surface area contributed by atoms with Crippen LogP contribution >= 0.6 is 0 Å². The van der Waals surface area contributed by atoms with E-state index in [0.717, 1.165) is 25.7 Å². The molecule has 0 unspecified atom stereocenters. The van der Waals surface area contributed by atoms with Crippen molar-refractivity contribution in [2.45, 2.75) is 45.1 Å². The molecule has 2 rings (SSSR count). The molecule has 1 aliphatic carbocycles. The fourth-order valence-corrected chi connectivity index (χ4v) is 2.40. The highest BCUT2D eigenvalue weighted by atomic mass is 16.3. The number of nitrogens with two attached hydrogens (primary N) is 2. The van der Waals surface area contributed by atoms with Crippen LogP contribution in [0.2, 0.25) is 0 Å². The fourth-order valence-electron chi connectivity index (χ4n) is 2.40. The zero-order valence-electron chi connectivity index (χ0n) is 11.6. The van der Waals surface area contributed by atoms with Gasteiger partial charge in [0.05, 0.1) is 5.60 Å². The Morgan fingerprint density at radius 1 is 1.21 bits per heavy atom. The third-order valence-corrected chi connectivity index (χ3v) is 3.90. The molecule has 1 aromatic heterocycles. The molecule has 0 bridgehead atoms. The standard InChI is InChI=1S/C13H23N5O/c1-12(2)3-5-13(19,6-4-12)8-16-10-7-9(14)17-11(15)18-10/h7,19H,3-6,8H2,1-2H3,(H5,14,15,16,17,18). The molecule has 6 heteroatoms. The number of rotatable bonds is 3. The third-order valence-electron chi connectivity index (χ3n) is 3.90. The highest BCUT2D eigenvalue weighted by Gasteiger charge is 2.36. The molecule has 1 aliphatic rings. The minimum atomic E-state index is -0.677. The molecule has 6 nitrogen and oxygen atoms in total. The van der Waals surface area contributed by atoms with Gasteiger partial charge in [-0.3, -0.25) is 0 Å². The summed E-state index contributed by atoms with van der Waals surface area (Å²) in [6, 6.07) is 1.62. The van der Waals surface area contributed by atoms with E-state index in [-0.39, 0.29) is 5.95 Å². The minimum Gasteiger partial charge on any atom is -0.388 e. The number of nitrogen functional groups attached to an aromatic ring is 2. The molecule has 1 heterocycles. The van der Waals surface area contributed by atoms with Crippen molar-refractivity contribution in [2.24, 2.45) is 5.41 Å². The van der Waals surface area contributed by atoms with Crippen LogP contribution in [0.5, 0.6) is 0 Å². The molecule has 1 fully saturated rings. The first-order valence-corrected chi connectivity index (χ1v) is 6.64. The Balaban J connectivity index is 1.95. The van der Waals surface area contributed by atoms with Gasteiger partial charge in [-0.1, -0.05) is 13.8 Å². The van der Waals surface area contributed by atoms with Crippen LogP contribution in [0.4, 0.5) is 17.6 Å². The van der Waals surface area contributed by atoms with E-state index < -0.39 is 5.60 Å². The van der Waals surface area contributed by atoms with Gasteiger partial charge in [0.2, 0.25) is 5.95 Å². The number of hydrogen-bond donors (Lipinski definition) is 4. The second kappa shape index (κ2) is 4.85. The van der Waals surface area contributed by atoms with Crippen LogP contribution in [0.15, 0.2) is 6.07 Å². The van der Waals surface area contributed by atoms with Crippen LogP contribution in [0.3, 0.4) is 0 Å². The molecular formula is C13H23N5O. The van der Waals surface area contributed by atoms with Crippen molar-refractivity contribution >= 4 is 17.6 Å². The lowest BCUT2D eigenvalue weighted by Crippen LogP contribution is -2.42. The van der Waals surface area contributed by atoms with E-state index in [1.807, 2.05) is 0 Å². The zero-order chi connectivity index (χ0) is 14.1. The van der Waals surface area contributed by atoms with Gasteiger partial charge in [-0.05, 0) is 31.1 Å². The average molecular weight is 265 g/mol. The molecule has 0 aromatic carbocycles. The Morgan fingerprint density at radius 3 is 2.42 bits per heavy atom. The van der Waals surface area contributed by atoms with Crippen molar-refractivity contribution in [3.63, 3.8) is 0 Å². The summed E-state index contributed by atoms with van der Waals surface area (Å²) in [5.74, 6) is 1.02. The van der Waals surface area contributed by atoms with Gasteiger partial charge in [0.1, 0.15) is 11.6 Å². The van der Waals surface area contributed by atoms with Crippen molar-refractivity contribution in [1.82, 2.24) is 9.97 Å². The SMILES string of the molecule is CC1(C)CCC(O)(CNc2cc(N)nc(N)n2)CC1. The number of nitrogens with zero attached hydrogens (tertiary/aromatic N) is 2. The van der Waals surface area contributed by atoms with Crippen molar-refractivity contribution in [1.29, 1.82) is 0 Å². The Hall–Kier alpha value is -1.56. The second-order valence-electron chi connectivity index (χ2n) is 6.28. The number of nitrogens with one attached hydrogen (secondary N) is 1. The van der Waals surface area contributed by atoms with Gasteiger partial charge in [-0.25, -0.2) is 0 Å². The van der Waals surface area contributed by atoms with Gasteiger partial charge in [0.15, 0.2) is 0 Å². The third kappa shape index (κ3) is 3.70. The first-order valence-electron chi connectivity index (χ1n) is 6.64. The summed E-state index contributed by atoms with van der Waals surface area (Å²) in [7, 11) is 0. The van der Waals surface area contributed by atoms with Gasteiger partial charge >= 0.3 is 0 Å². The Bertz CT molecular complexity index is 430. The molecule has 1 aromatic rings. The molecule has 106 valence electrons. The highest BCUT2D eigenvalue weighted by Crippen LogP contribution is 2.40. The van der Waals surface area contributed by atoms with Crippen LogP contribution in [0, 0.1) is 5.41 Å². The van der Waals surface area contributed by atoms with Crippen molar-refractivity contribution in [3.05, 3.63) is 6.07 Å². The Kier molecular flexibility index (Phi) is 3.54. The van der Waals surface area contributed by atoms with E-state index in [1.54, 1.807) is 6.07 Å². The van der Waals surface area contributed by atoms with Crippen molar-refractivity contribution < 1.29 is 5.11 Å². The first-order chi connectivity index (χ1) is 8.78. The average Bonchev–Trinajstić information content (AvgIpc) is 2.30. The summed E-state index contributed by atoms with van der Waals surface area (Å²) in [6.45, 7) is 4.94. The topological polar surface area (TPSA) is 110 Å². The quantitative estimate of drug-likeness (QED) is 0.657. The summed E-state index contributed by atoms with van der Waals surface area (Å²) in [6.07, 6.45) is 3.64. The van der Waals surface area contributed by atoms with Gasteiger partial charge in [0.25, 0.3) is 0 Å². The van der Waals surface area contributed by atoms with E-state index in [0.29, 0.717) is 23.6 Å². The smallest absolute Gasteiger partial charge is 0.223 e. The molecule has 0 saturated heterocycles. The lowest BCUT2D eigenvalue weighted by atomic mass is 9.71. The molecule has 6 N–H and O–H groups in total. The Morgan fingerprint density at radius 2 is 1.84 bits per heavy atom. The van der Waals surface area contributed by atoms with Crippen LogP contribution in [-0.2, 0) is 0 Å². The lowest BCUT2D eigenvalue weighted by molar-refractivity contribution is -0.0145. The predicted molar refractivity (Wildman–Crippen MR) is 76.5 cm³/mol. The molecule has 0 amide bonds. The summed E-state index contributed by atoms with van der Waals surface area (Å²) in [5.41, 5.74) is 10.8. The molecular weight excluding hydrogens is 242 g/mol. The maximum absolute atomic E-state index is 10.5. The molecule has 0 aliphatic heterocycles. The second-order valence-corrected chi connectivity index (χ2v) is 6.28. The van der Waals surface area contributed by atoms with Gasteiger partial charge in [-0.2, -0.15) is 9.97 Å². The van der Waals surface area contributed by atoms with E-state index in [4.69, 9.17) is 11.5 Å². The normalized spacial score (nSPS) is 21.0. The van der Waals surface area contributed by atoms with E-state index >= 15 is 0 Å². The lowest BCUT2D eigenvalue weighted by Gasteiger charge is -2.40. The molecule has 0 atom stereocenters.